The van der Waals surface area contributed by atoms with E-state index in [-0.39, 0.29) is 0 Å². The van der Waals surface area contributed by atoms with Gasteiger partial charge in [-0.1, -0.05) is 11.6 Å². The van der Waals surface area contributed by atoms with Gasteiger partial charge in [0.1, 0.15) is 17.9 Å². The molecule has 1 N–H and O–H groups in total. The molecule has 2 rings (SSSR count). The quantitative estimate of drug-likeness (QED) is 0.872. The SMILES string of the molecule is CC1(C(=O)O)CCCN1CCOc1ccc(Cl)cc1Br. The Morgan fingerprint density at radius 3 is 3.00 bits per heavy atom. The van der Waals surface area contributed by atoms with E-state index in [9.17, 15) is 9.90 Å². The number of carboxylic acids is 1. The van der Waals surface area contributed by atoms with Gasteiger partial charge >= 0.3 is 5.97 Å². The van der Waals surface area contributed by atoms with Crippen LogP contribution in [-0.2, 0) is 4.79 Å². The molecule has 1 heterocycles. The molecule has 4 nitrogen and oxygen atoms in total. The summed E-state index contributed by atoms with van der Waals surface area (Å²) in [6.07, 6.45) is 1.60. The summed E-state index contributed by atoms with van der Waals surface area (Å²) in [7, 11) is 0. The zero-order chi connectivity index (χ0) is 14.8. The third-order valence-electron chi connectivity index (χ3n) is 3.76. The lowest BCUT2D eigenvalue weighted by Gasteiger charge is -2.30. The summed E-state index contributed by atoms with van der Waals surface area (Å²) in [5, 5.41) is 9.97. The highest BCUT2D eigenvalue weighted by Gasteiger charge is 2.42. The number of carboxylic acid groups (broad SMARTS) is 1. The molecular weight excluding hydrogens is 346 g/mol. The number of hydrogen-bond donors (Lipinski definition) is 1. The van der Waals surface area contributed by atoms with Crippen LogP contribution in [0.25, 0.3) is 0 Å². The summed E-state index contributed by atoms with van der Waals surface area (Å²) in [5.41, 5.74) is -0.763. The fraction of sp³-hybridized carbons (Fsp3) is 0.500. The van der Waals surface area contributed by atoms with Crippen molar-refractivity contribution in [2.45, 2.75) is 25.3 Å². The number of benzene rings is 1. The van der Waals surface area contributed by atoms with Crippen LogP contribution in [0.3, 0.4) is 0 Å². The minimum Gasteiger partial charge on any atom is -0.491 e. The van der Waals surface area contributed by atoms with Gasteiger partial charge in [-0.15, -0.1) is 0 Å². The van der Waals surface area contributed by atoms with Gasteiger partial charge in [0.2, 0.25) is 0 Å². The fourth-order valence-corrected chi connectivity index (χ4v) is 3.27. The van der Waals surface area contributed by atoms with E-state index in [1.165, 1.54) is 0 Å². The number of hydrogen-bond acceptors (Lipinski definition) is 3. The minimum absolute atomic E-state index is 0.448. The molecule has 1 fully saturated rings. The van der Waals surface area contributed by atoms with Gasteiger partial charge in [0.25, 0.3) is 0 Å². The Bertz CT molecular complexity index is 511. The number of likely N-dealkylation sites (tertiary alicyclic amines) is 1. The van der Waals surface area contributed by atoms with E-state index in [1.54, 1.807) is 25.1 Å². The van der Waals surface area contributed by atoms with Crippen molar-refractivity contribution in [3.63, 3.8) is 0 Å². The summed E-state index contributed by atoms with van der Waals surface area (Å²) in [4.78, 5) is 13.3. The summed E-state index contributed by atoms with van der Waals surface area (Å²) in [6, 6.07) is 5.33. The maximum absolute atomic E-state index is 11.4. The van der Waals surface area contributed by atoms with Gasteiger partial charge in [-0.2, -0.15) is 0 Å². The van der Waals surface area contributed by atoms with Crippen molar-refractivity contribution in [1.82, 2.24) is 4.90 Å². The molecule has 1 aromatic rings. The van der Waals surface area contributed by atoms with Crippen molar-refractivity contribution in [1.29, 1.82) is 0 Å². The molecule has 110 valence electrons. The Kier molecular flexibility index (Phi) is 4.94. The molecule has 0 radical (unpaired) electrons. The molecule has 1 atom stereocenters. The first kappa shape index (κ1) is 15.6. The van der Waals surface area contributed by atoms with Crippen LogP contribution in [0.4, 0.5) is 0 Å². The Hall–Kier alpha value is -0.780. The highest BCUT2D eigenvalue weighted by atomic mass is 79.9. The van der Waals surface area contributed by atoms with Gasteiger partial charge in [-0.05, 0) is 60.4 Å². The molecule has 0 saturated carbocycles. The second kappa shape index (κ2) is 6.33. The second-order valence-electron chi connectivity index (χ2n) is 5.09. The molecule has 1 aliphatic rings. The molecule has 0 aliphatic carbocycles. The molecule has 0 amide bonds. The summed E-state index contributed by atoms with van der Waals surface area (Å²) in [5.74, 6) is -0.0479. The molecule has 1 aliphatic heterocycles. The van der Waals surface area contributed by atoms with Crippen LogP contribution >= 0.6 is 27.5 Å². The highest BCUT2D eigenvalue weighted by molar-refractivity contribution is 9.10. The van der Waals surface area contributed by atoms with Crippen LogP contribution in [0.15, 0.2) is 22.7 Å². The standard InChI is InChI=1S/C14H17BrClNO3/c1-14(13(18)19)5-2-6-17(14)7-8-20-12-4-3-10(16)9-11(12)15/h3-4,9H,2,5-8H2,1H3,(H,18,19). The maximum Gasteiger partial charge on any atom is 0.323 e. The van der Waals surface area contributed by atoms with Crippen molar-refractivity contribution in [2.75, 3.05) is 19.7 Å². The zero-order valence-corrected chi connectivity index (χ0v) is 13.6. The van der Waals surface area contributed by atoms with Crippen LogP contribution in [0.1, 0.15) is 19.8 Å². The number of nitrogens with zero attached hydrogens (tertiary/aromatic N) is 1. The van der Waals surface area contributed by atoms with E-state index in [4.69, 9.17) is 16.3 Å². The summed E-state index contributed by atoms with van der Waals surface area (Å²) < 4.78 is 6.49. The molecule has 0 bridgehead atoms. The first-order chi connectivity index (χ1) is 9.43. The molecular formula is C14H17BrClNO3. The summed E-state index contributed by atoms with van der Waals surface area (Å²) in [6.45, 7) is 3.62. The monoisotopic (exact) mass is 361 g/mol. The summed E-state index contributed by atoms with van der Waals surface area (Å²) >= 11 is 9.26. The lowest BCUT2D eigenvalue weighted by molar-refractivity contribution is -0.148. The Labute approximate surface area is 131 Å². The van der Waals surface area contributed by atoms with Crippen molar-refractivity contribution in [3.05, 3.63) is 27.7 Å². The Morgan fingerprint density at radius 2 is 2.35 bits per heavy atom. The number of halogens is 2. The minimum atomic E-state index is -0.763. The molecule has 1 saturated heterocycles. The predicted octanol–water partition coefficient (Wildman–Crippen LogP) is 3.42. The van der Waals surface area contributed by atoms with Crippen LogP contribution in [-0.4, -0.2) is 41.2 Å². The third-order valence-corrected chi connectivity index (χ3v) is 4.62. The Balaban J connectivity index is 1.91. The van der Waals surface area contributed by atoms with Crippen molar-refractivity contribution in [3.8, 4) is 5.75 Å². The predicted molar refractivity (Wildman–Crippen MR) is 81.5 cm³/mol. The van der Waals surface area contributed by atoms with E-state index in [2.05, 4.69) is 15.9 Å². The average Bonchev–Trinajstić information content (AvgIpc) is 2.75. The lowest BCUT2D eigenvalue weighted by atomic mass is 9.99. The van der Waals surface area contributed by atoms with Gasteiger partial charge in [0.15, 0.2) is 0 Å². The van der Waals surface area contributed by atoms with Gasteiger partial charge in [0, 0.05) is 11.6 Å². The van der Waals surface area contributed by atoms with Crippen LogP contribution in [0.5, 0.6) is 5.75 Å². The second-order valence-corrected chi connectivity index (χ2v) is 6.38. The van der Waals surface area contributed by atoms with Gasteiger partial charge in [-0.3, -0.25) is 9.69 Å². The fourth-order valence-electron chi connectivity index (χ4n) is 2.48. The first-order valence-corrected chi connectivity index (χ1v) is 7.67. The van der Waals surface area contributed by atoms with Crippen molar-refractivity contribution < 1.29 is 14.6 Å². The van der Waals surface area contributed by atoms with Crippen LogP contribution < -0.4 is 4.74 Å². The molecule has 1 aromatic carbocycles. The lowest BCUT2D eigenvalue weighted by Crippen LogP contribution is -2.49. The van der Waals surface area contributed by atoms with E-state index in [0.29, 0.717) is 30.3 Å². The number of rotatable bonds is 5. The Morgan fingerprint density at radius 1 is 1.60 bits per heavy atom. The number of aliphatic carboxylic acids is 1. The van der Waals surface area contributed by atoms with E-state index < -0.39 is 11.5 Å². The molecule has 1 unspecified atom stereocenters. The van der Waals surface area contributed by atoms with E-state index in [1.807, 2.05) is 4.90 Å². The largest absolute Gasteiger partial charge is 0.491 e. The highest BCUT2D eigenvalue weighted by Crippen LogP contribution is 2.30. The van der Waals surface area contributed by atoms with E-state index in [0.717, 1.165) is 17.4 Å². The van der Waals surface area contributed by atoms with Crippen LogP contribution in [0.2, 0.25) is 5.02 Å². The molecule has 6 heteroatoms. The normalized spacial score (nSPS) is 22.9. The molecule has 20 heavy (non-hydrogen) atoms. The first-order valence-electron chi connectivity index (χ1n) is 6.50. The van der Waals surface area contributed by atoms with Crippen molar-refractivity contribution >= 4 is 33.5 Å². The maximum atomic E-state index is 11.4. The topological polar surface area (TPSA) is 49.8 Å². The molecule has 0 aromatic heterocycles. The van der Waals surface area contributed by atoms with Crippen molar-refractivity contribution in [2.24, 2.45) is 0 Å². The molecule has 0 spiro atoms. The number of ether oxygens (including phenoxy) is 1. The smallest absolute Gasteiger partial charge is 0.323 e. The van der Waals surface area contributed by atoms with Gasteiger partial charge < -0.3 is 9.84 Å². The van der Waals surface area contributed by atoms with E-state index >= 15 is 0 Å². The zero-order valence-electron chi connectivity index (χ0n) is 11.2. The average molecular weight is 363 g/mol. The van der Waals surface area contributed by atoms with Gasteiger partial charge in [0.05, 0.1) is 4.47 Å². The van der Waals surface area contributed by atoms with Crippen LogP contribution in [0, 0.1) is 0 Å². The third kappa shape index (κ3) is 3.27. The van der Waals surface area contributed by atoms with Gasteiger partial charge in [-0.25, -0.2) is 0 Å². The number of carbonyl (C=O) groups is 1.